The third-order valence-corrected chi connectivity index (χ3v) is 8.75. The summed E-state index contributed by atoms with van der Waals surface area (Å²) in [5.74, 6) is 2.45. The number of hydrogen-bond acceptors (Lipinski definition) is 6. The number of hydrogen-bond donors (Lipinski definition) is 2. The highest BCUT2D eigenvalue weighted by Gasteiger charge is 2.47. The Morgan fingerprint density at radius 1 is 1.18 bits per heavy atom. The predicted molar refractivity (Wildman–Crippen MR) is 145 cm³/mol. The fourth-order valence-corrected chi connectivity index (χ4v) is 6.61. The van der Waals surface area contributed by atoms with Gasteiger partial charge in [0.25, 0.3) is 5.91 Å². The summed E-state index contributed by atoms with van der Waals surface area (Å²) in [6, 6.07) is 10.1. The molecule has 3 atom stereocenters. The number of nitrogens with two attached hydrogens (primary N) is 1. The number of rotatable bonds is 8. The molecule has 2 unspecified atom stereocenters. The van der Waals surface area contributed by atoms with E-state index >= 15 is 0 Å². The Labute approximate surface area is 221 Å². The Hall–Kier alpha value is -3.43. The highest BCUT2D eigenvalue weighted by Crippen LogP contribution is 2.40. The van der Waals surface area contributed by atoms with Gasteiger partial charge in [-0.2, -0.15) is 0 Å². The molecule has 2 bridgehead atoms. The van der Waals surface area contributed by atoms with E-state index in [1.807, 2.05) is 29.3 Å². The van der Waals surface area contributed by atoms with Crippen molar-refractivity contribution in [1.29, 1.82) is 0 Å². The molecule has 9 heteroatoms. The van der Waals surface area contributed by atoms with Crippen molar-refractivity contribution < 1.29 is 14.6 Å². The SMILES string of the molecule is COc1cc(C(=O)N2C[C@H]3CCC2C3N)cc2nc(-c3cc4cccnc4n3CC3CC3)n(CCCO)c12. The van der Waals surface area contributed by atoms with Gasteiger partial charge in [-0.1, -0.05) is 0 Å². The molecule has 38 heavy (non-hydrogen) atoms. The molecule has 1 amide bonds. The van der Waals surface area contributed by atoms with Gasteiger partial charge < -0.3 is 29.6 Å². The van der Waals surface area contributed by atoms with Crippen molar-refractivity contribution in [2.75, 3.05) is 20.3 Å². The van der Waals surface area contributed by atoms with Gasteiger partial charge in [0.05, 0.1) is 18.3 Å². The highest BCUT2D eigenvalue weighted by atomic mass is 16.5. The van der Waals surface area contributed by atoms with Gasteiger partial charge >= 0.3 is 0 Å². The van der Waals surface area contributed by atoms with Crippen LogP contribution in [0.4, 0.5) is 0 Å². The van der Waals surface area contributed by atoms with Gasteiger partial charge in [-0.3, -0.25) is 4.79 Å². The van der Waals surface area contributed by atoms with Crippen LogP contribution in [0.15, 0.2) is 36.5 Å². The van der Waals surface area contributed by atoms with Crippen molar-refractivity contribution in [3.63, 3.8) is 0 Å². The van der Waals surface area contributed by atoms with Crippen LogP contribution >= 0.6 is 0 Å². The number of aromatic nitrogens is 4. The fraction of sp³-hybridized carbons (Fsp3) is 0.483. The summed E-state index contributed by atoms with van der Waals surface area (Å²) >= 11 is 0. The first-order chi connectivity index (χ1) is 18.6. The smallest absolute Gasteiger partial charge is 0.254 e. The second-order valence-corrected chi connectivity index (χ2v) is 11.1. The average Bonchev–Trinajstić information content (AvgIpc) is 3.29. The molecule has 198 valence electrons. The van der Waals surface area contributed by atoms with E-state index in [1.165, 1.54) is 12.8 Å². The Morgan fingerprint density at radius 2 is 2.05 bits per heavy atom. The van der Waals surface area contributed by atoms with Crippen LogP contribution in [-0.4, -0.2) is 67.4 Å². The first kappa shape index (κ1) is 23.7. The number of fused-ring (bicyclic) bond motifs is 4. The molecule has 9 nitrogen and oxygen atoms in total. The number of aliphatic hydroxyl groups is 1. The maximum absolute atomic E-state index is 13.7. The van der Waals surface area contributed by atoms with Gasteiger partial charge in [-0.05, 0) is 74.3 Å². The minimum Gasteiger partial charge on any atom is -0.494 e. The summed E-state index contributed by atoms with van der Waals surface area (Å²) in [4.78, 5) is 25.4. The summed E-state index contributed by atoms with van der Waals surface area (Å²) in [6.45, 7) is 2.27. The zero-order chi connectivity index (χ0) is 26.0. The Balaban J connectivity index is 1.38. The van der Waals surface area contributed by atoms with Gasteiger partial charge in [0.2, 0.25) is 0 Å². The second-order valence-electron chi connectivity index (χ2n) is 11.1. The van der Waals surface area contributed by atoms with E-state index in [1.54, 1.807) is 7.11 Å². The van der Waals surface area contributed by atoms with Crippen molar-refractivity contribution in [1.82, 2.24) is 24.0 Å². The van der Waals surface area contributed by atoms with Crippen molar-refractivity contribution in [2.45, 2.75) is 57.3 Å². The Kier molecular flexibility index (Phi) is 5.67. The molecule has 1 aliphatic heterocycles. The molecule has 1 saturated heterocycles. The number of pyridine rings is 1. The topological polar surface area (TPSA) is 111 Å². The number of amides is 1. The molecule has 4 heterocycles. The Morgan fingerprint density at radius 3 is 2.76 bits per heavy atom. The minimum atomic E-state index is -0.00800. The van der Waals surface area contributed by atoms with Gasteiger partial charge in [0.15, 0.2) is 5.82 Å². The molecule has 7 rings (SSSR count). The molecular weight excluding hydrogens is 480 g/mol. The predicted octanol–water partition coefficient (Wildman–Crippen LogP) is 3.42. The zero-order valence-corrected chi connectivity index (χ0v) is 21.7. The number of imidazole rings is 1. The van der Waals surface area contributed by atoms with E-state index in [9.17, 15) is 9.90 Å². The molecule has 2 saturated carbocycles. The van der Waals surface area contributed by atoms with Crippen molar-refractivity contribution in [3.05, 3.63) is 42.1 Å². The lowest BCUT2D eigenvalue weighted by Crippen LogP contribution is -2.41. The van der Waals surface area contributed by atoms with Crippen LogP contribution in [0.3, 0.4) is 0 Å². The molecular formula is C29H34N6O3. The number of ether oxygens (including phenoxy) is 1. The zero-order valence-electron chi connectivity index (χ0n) is 21.7. The van der Waals surface area contributed by atoms with Crippen LogP contribution in [0.25, 0.3) is 33.6 Å². The lowest BCUT2D eigenvalue weighted by Gasteiger charge is -2.27. The number of aliphatic hydroxyl groups excluding tert-OH is 1. The first-order valence-corrected chi connectivity index (χ1v) is 13.8. The number of methoxy groups -OCH3 is 1. The van der Waals surface area contributed by atoms with E-state index in [2.05, 4.69) is 21.3 Å². The van der Waals surface area contributed by atoms with E-state index in [0.717, 1.165) is 54.0 Å². The van der Waals surface area contributed by atoms with Crippen molar-refractivity contribution in [2.24, 2.45) is 17.6 Å². The molecule has 3 aliphatic rings. The van der Waals surface area contributed by atoms with Crippen LogP contribution < -0.4 is 10.5 Å². The van der Waals surface area contributed by atoms with Crippen molar-refractivity contribution >= 4 is 28.0 Å². The van der Waals surface area contributed by atoms with E-state index in [4.69, 9.17) is 20.4 Å². The third kappa shape index (κ3) is 3.71. The molecule has 4 aromatic rings. The standard InChI is InChI=1S/C29H34N6O3/c1-38-24-14-20(29(37)35-16-19-7-8-22(35)25(19)30)12-21-26(24)33(10-3-11-36)28(32-21)23-13-18-4-2-9-31-27(18)34(23)15-17-5-6-17/h2,4,9,12-14,17,19,22,25,36H,3,5-8,10-11,15-16,30H2,1H3/t19-,22?,25?/m1/s1. The number of aryl methyl sites for hydroxylation is 1. The quantitative estimate of drug-likeness (QED) is 0.373. The van der Waals surface area contributed by atoms with E-state index < -0.39 is 0 Å². The average molecular weight is 515 g/mol. The summed E-state index contributed by atoms with van der Waals surface area (Å²) in [5.41, 5.74) is 10.5. The normalized spacial score (nSPS) is 22.7. The summed E-state index contributed by atoms with van der Waals surface area (Å²) < 4.78 is 10.3. The van der Waals surface area contributed by atoms with Gasteiger partial charge in [0, 0.05) is 55.5 Å². The molecule has 3 fully saturated rings. The first-order valence-electron chi connectivity index (χ1n) is 13.8. The number of likely N-dealkylation sites (tertiary alicyclic amines) is 1. The van der Waals surface area contributed by atoms with E-state index in [0.29, 0.717) is 41.6 Å². The highest BCUT2D eigenvalue weighted by molar-refractivity contribution is 6.00. The van der Waals surface area contributed by atoms with Crippen LogP contribution in [0.1, 0.15) is 42.5 Å². The fourth-order valence-electron chi connectivity index (χ4n) is 6.61. The van der Waals surface area contributed by atoms with Crippen LogP contribution in [0.5, 0.6) is 5.75 Å². The van der Waals surface area contributed by atoms with Crippen LogP contribution in [0.2, 0.25) is 0 Å². The lowest BCUT2D eigenvalue weighted by atomic mass is 10.1. The molecule has 3 N–H and O–H groups in total. The number of carbonyl (C=O) groups excluding carboxylic acids is 1. The maximum Gasteiger partial charge on any atom is 0.254 e. The number of piperidine rings is 1. The largest absolute Gasteiger partial charge is 0.494 e. The van der Waals surface area contributed by atoms with Crippen LogP contribution in [-0.2, 0) is 13.1 Å². The van der Waals surface area contributed by atoms with Crippen molar-refractivity contribution in [3.8, 4) is 17.3 Å². The molecule has 1 aromatic carbocycles. The number of carbonyl (C=O) groups is 1. The molecule has 3 aromatic heterocycles. The minimum absolute atomic E-state index is 0.00800. The Bertz CT molecular complexity index is 1540. The number of nitrogens with zero attached hydrogens (tertiary/aromatic N) is 5. The molecule has 2 aliphatic carbocycles. The monoisotopic (exact) mass is 514 g/mol. The third-order valence-electron chi connectivity index (χ3n) is 8.75. The number of benzene rings is 1. The summed E-state index contributed by atoms with van der Waals surface area (Å²) in [6.07, 6.45) is 6.94. The summed E-state index contributed by atoms with van der Waals surface area (Å²) in [7, 11) is 1.63. The van der Waals surface area contributed by atoms with E-state index in [-0.39, 0.29) is 24.6 Å². The second kappa shape index (κ2) is 9.10. The molecule has 0 spiro atoms. The maximum atomic E-state index is 13.7. The van der Waals surface area contributed by atoms with Gasteiger partial charge in [-0.15, -0.1) is 0 Å². The van der Waals surface area contributed by atoms with Gasteiger partial charge in [-0.25, -0.2) is 9.97 Å². The lowest BCUT2D eigenvalue weighted by molar-refractivity contribution is 0.0700. The summed E-state index contributed by atoms with van der Waals surface area (Å²) in [5, 5.41) is 10.8. The van der Waals surface area contributed by atoms with Gasteiger partial charge in [0.1, 0.15) is 16.9 Å². The molecule has 0 radical (unpaired) electrons. The van der Waals surface area contributed by atoms with Crippen LogP contribution in [0, 0.1) is 11.8 Å².